The van der Waals surface area contributed by atoms with Crippen LogP contribution in [-0.4, -0.2) is 26.7 Å². The molecule has 0 bridgehead atoms. The Morgan fingerprint density at radius 2 is 2.16 bits per heavy atom. The highest BCUT2D eigenvalue weighted by atomic mass is 79.9. The number of aliphatic hydroxyl groups is 1. The molecule has 0 aliphatic rings. The van der Waals surface area contributed by atoms with E-state index < -0.39 is 10.0 Å². The number of nitrogen functional groups attached to an aromatic ring is 1. The summed E-state index contributed by atoms with van der Waals surface area (Å²) in [6, 6.07) is 4.53. The molecule has 19 heavy (non-hydrogen) atoms. The monoisotopic (exact) mass is 350 g/mol. The van der Waals surface area contributed by atoms with E-state index in [0.29, 0.717) is 23.1 Å². The van der Waals surface area contributed by atoms with Crippen molar-refractivity contribution in [2.75, 3.05) is 18.9 Å². The van der Waals surface area contributed by atoms with Crippen LogP contribution in [0.2, 0.25) is 0 Å². The van der Waals surface area contributed by atoms with Crippen molar-refractivity contribution < 1.29 is 13.5 Å². The number of anilines is 1. The number of aliphatic hydroxyl groups excluding tert-OH is 1. The fourth-order valence-electron chi connectivity index (χ4n) is 1.52. The summed E-state index contributed by atoms with van der Waals surface area (Å²) in [6.07, 6.45) is 1.47. The van der Waals surface area contributed by atoms with Crippen LogP contribution in [0.15, 0.2) is 27.6 Å². The van der Waals surface area contributed by atoms with Gasteiger partial charge in [-0.25, -0.2) is 13.1 Å². The lowest BCUT2D eigenvalue weighted by molar-refractivity contribution is 0.228. The summed E-state index contributed by atoms with van der Waals surface area (Å²) in [4.78, 5) is 0.156. The van der Waals surface area contributed by atoms with Gasteiger partial charge in [0.25, 0.3) is 0 Å². The SMILES string of the molecule is CC(CO)CCCNS(=O)(=O)c1ccc(Br)c(N)c1. The van der Waals surface area contributed by atoms with Crippen molar-refractivity contribution in [1.82, 2.24) is 4.72 Å². The zero-order valence-corrected chi connectivity index (χ0v) is 13.2. The van der Waals surface area contributed by atoms with Crippen LogP contribution in [0.5, 0.6) is 0 Å². The highest BCUT2D eigenvalue weighted by molar-refractivity contribution is 9.10. The topological polar surface area (TPSA) is 92.4 Å². The lowest BCUT2D eigenvalue weighted by Crippen LogP contribution is -2.25. The van der Waals surface area contributed by atoms with Gasteiger partial charge >= 0.3 is 0 Å². The third-order valence-corrected chi connectivity index (χ3v) is 4.94. The van der Waals surface area contributed by atoms with Gasteiger partial charge in [0.15, 0.2) is 0 Å². The molecular weight excluding hydrogens is 332 g/mol. The number of sulfonamides is 1. The van der Waals surface area contributed by atoms with E-state index in [0.717, 1.165) is 6.42 Å². The molecule has 0 heterocycles. The van der Waals surface area contributed by atoms with E-state index in [-0.39, 0.29) is 17.4 Å². The number of nitrogens with two attached hydrogens (primary N) is 1. The summed E-state index contributed by atoms with van der Waals surface area (Å²) in [7, 11) is -3.52. The van der Waals surface area contributed by atoms with Gasteiger partial charge in [-0.1, -0.05) is 6.92 Å². The molecule has 0 spiro atoms. The first-order chi connectivity index (χ1) is 8.86. The lowest BCUT2D eigenvalue weighted by Gasteiger charge is -2.10. The smallest absolute Gasteiger partial charge is 0.240 e. The van der Waals surface area contributed by atoms with Gasteiger partial charge in [-0.05, 0) is 52.9 Å². The van der Waals surface area contributed by atoms with Gasteiger partial charge in [0, 0.05) is 23.3 Å². The second-order valence-electron chi connectivity index (χ2n) is 4.51. The van der Waals surface area contributed by atoms with Gasteiger partial charge in [-0.2, -0.15) is 0 Å². The Bertz CT molecular complexity index is 520. The predicted molar refractivity (Wildman–Crippen MR) is 79.2 cm³/mol. The molecule has 0 aliphatic carbocycles. The number of benzene rings is 1. The van der Waals surface area contributed by atoms with Crippen LogP contribution in [-0.2, 0) is 10.0 Å². The Morgan fingerprint density at radius 1 is 1.47 bits per heavy atom. The lowest BCUT2D eigenvalue weighted by atomic mass is 10.1. The normalized spacial score (nSPS) is 13.4. The second-order valence-corrected chi connectivity index (χ2v) is 7.13. The Hall–Kier alpha value is -0.630. The standard InChI is InChI=1S/C12H19BrN2O3S/c1-9(8-16)3-2-6-15-19(17,18)10-4-5-11(13)12(14)7-10/h4-5,7,9,15-16H,2-3,6,8,14H2,1H3. The van der Waals surface area contributed by atoms with Crippen LogP contribution in [0, 0.1) is 5.92 Å². The van der Waals surface area contributed by atoms with Crippen LogP contribution in [0.1, 0.15) is 19.8 Å². The molecule has 0 fully saturated rings. The van der Waals surface area contributed by atoms with Crippen molar-refractivity contribution in [3.8, 4) is 0 Å². The molecule has 0 aliphatic heterocycles. The number of rotatable bonds is 7. The van der Waals surface area contributed by atoms with Crippen molar-refractivity contribution >= 4 is 31.6 Å². The molecule has 0 saturated heterocycles. The largest absolute Gasteiger partial charge is 0.398 e. The molecule has 1 aromatic carbocycles. The van der Waals surface area contributed by atoms with Gasteiger partial charge in [0.2, 0.25) is 10.0 Å². The van der Waals surface area contributed by atoms with E-state index in [2.05, 4.69) is 20.7 Å². The predicted octanol–water partition coefficient (Wildman–Crippen LogP) is 1.72. The summed E-state index contributed by atoms with van der Waals surface area (Å²) in [5, 5.41) is 8.87. The molecule has 0 aromatic heterocycles. The zero-order chi connectivity index (χ0) is 14.5. The highest BCUT2D eigenvalue weighted by Crippen LogP contribution is 2.22. The first kappa shape index (κ1) is 16.4. The third kappa shape index (κ3) is 5.10. The molecule has 108 valence electrons. The minimum absolute atomic E-state index is 0.121. The molecule has 5 nitrogen and oxygen atoms in total. The summed E-state index contributed by atoms with van der Waals surface area (Å²) in [5.74, 6) is 0.188. The minimum Gasteiger partial charge on any atom is -0.398 e. The van der Waals surface area contributed by atoms with E-state index in [9.17, 15) is 8.42 Å². The van der Waals surface area contributed by atoms with Crippen molar-refractivity contribution in [2.24, 2.45) is 5.92 Å². The van der Waals surface area contributed by atoms with Crippen molar-refractivity contribution in [1.29, 1.82) is 0 Å². The van der Waals surface area contributed by atoms with Crippen LogP contribution >= 0.6 is 15.9 Å². The fourth-order valence-corrected chi connectivity index (χ4v) is 2.88. The maximum atomic E-state index is 12.0. The van der Waals surface area contributed by atoms with Crippen LogP contribution in [0.3, 0.4) is 0 Å². The van der Waals surface area contributed by atoms with Gasteiger partial charge in [-0.15, -0.1) is 0 Å². The van der Waals surface area contributed by atoms with E-state index in [4.69, 9.17) is 10.8 Å². The molecule has 1 aromatic rings. The van der Waals surface area contributed by atoms with E-state index >= 15 is 0 Å². The van der Waals surface area contributed by atoms with Crippen molar-refractivity contribution in [3.63, 3.8) is 0 Å². The summed E-state index contributed by atoms with van der Waals surface area (Å²) < 4.78 is 27.1. The molecule has 1 unspecified atom stereocenters. The Kier molecular flexibility index (Phi) is 6.25. The van der Waals surface area contributed by atoms with Crippen LogP contribution in [0.25, 0.3) is 0 Å². The molecular formula is C12H19BrN2O3S. The van der Waals surface area contributed by atoms with E-state index in [1.54, 1.807) is 6.07 Å². The van der Waals surface area contributed by atoms with Gasteiger partial charge in [0.1, 0.15) is 0 Å². The maximum absolute atomic E-state index is 12.0. The number of hydrogen-bond donors (Lipinski definition) is 3. The first-order valence-corrected chi connectivity index (χ1v) is 8.30. The molecule has 4 N–H and O–H groups in total. The number of hydrogen-bond acceptors (Lipinski definition) is 4. The maximum Gasteiger partial charge on any atom is 0.240 e. The first-order valence-electron chi connectivity index (χ1n) is 6.02. The summed E-state index contributed by atoms with van der Waals surface area (Å²) in [6.45, 7) is 2.39. The Labute approximate surface area is 122 Å². The van der Waals surface area contributed by atoms with Gasteiger partial charge in [-0.3, -0.25) is 0 Å². The van der Waals surface area contributed by atoms with Crippen LogP contribution < -0.4 is 10.5 Å². The average molecular weight is 351 g/mol. The molecule has 1 atom stereocenters. The summed E-state index contributed by atoms with van der Waals surface area (Å²) in [5.41, 5.74) is 6.05. The number of nitrogens with one attached hydrogen (secondary N) is 1. The quantitative estimate of drug-likeness (QED) is 0.515. The highest BCUT2D eigenvalue weighted by Gasteiger charge is 2.14. The van der Waals surface area contributed by atoms with Crippen molar-refractivity contribution in [2.45, 2.75) is 24.7 Å². The Balaban J connectivity index is 2.58. The summed E-state index contributed by atoms with van der Waals surface area (Å²) >= 11 is 3.22. The van der Waals surface area contributed by atoms with E-state index in [1.807, 2.05) is 6.92 Å². The van der Waals surface area contributed by atoms with Gasteiger partial charge < -0.3 is 10.8 Å². The second kappa shape index (κ2) is 7.23. The molecule has 1 rings (SSSR count). The minimum atomic E-state index is -3.52. The molecule has 7 heteroatoms. The van der Waals surface area contributed by atoms with Gasteiger partial charge in [0.05, 0.1) is 4.90 Å². The number of halogens is 1. The third-order valence-electron chi connectivity index (χ3n) is 2.76. The molecule has 0 amide bonds. The van der Waals surface area contributed by atoms with E-state index in [1.165, 1.54) is 12.1 Å². The van der Waals surface area contributed by atoms with Crippen molar-refractivity contribution in [3.05, 3.63) is 22.7 Å². The molecule has 0 saturated carbocycles. The zero-order valence-electron chi connectivity index (χ0n) is 10.8. The average Bonchev–Trinajstić information content (AvgIpc) is 2.37. The Morgan fingerprint density at radius 3 is 2.74 bits per heavy atom. The molecule has 0 radical (unpaired) electrons. The van der Waals surface area contributed by atoms with Crippen LogP contribution in [0.4, 0.5) is 5.69 Å². The fraction of sp³-hybridized carbons (Fsp3) is 0.500.